The van der Waals surface area contributed by atoms with Crippen LogP contribution in [0.25, 0.3) is 22.2 Å². The van der Waals surface area contributed by atoms with Crippen molar-refractivity contribution in [3.05, 3.63) is 82.1 Å². The van der Waals surface area contributed by atoms with Crippen LogP contribution in [0.4, 0.5) is 4.39 Å². The molecular formula is C22H17Cl2FN2O2. The van der Waals surface area contributed by atoms with Gasteiger partial charge in [-0.2, -0.15) is 0 Å². The predicted molar refractivity (Wildman–Crippen MR) is 113 cm³/mol. The molecule has 1 aromatic heterocycles. The number of ether oxygens (including phenoxy) is 1. The quantitative estimate of drug-likeness (QED) is 0.359. The zero-order valence-electron chi connectivity index (χ0n) is 15.3. The fraction of sp³-hybridized carbons (Fsp3) is 0.136. The first-order valence-corrected chi connectivity index (χ1v) is 9.78. The number of halogens is 3. The molecule has 29 heavy (non-hydrogen) atoms. The van der Waals surface area contributed by atoms with Crippen molar-refractivity contribution in [3.8, 4) is 17.0 Å². The molecule has 0 amide bonds. The molecule has 0 bridgehead atoms. The average Bonchev–Trinajstić information content (AvgIpc) is 3.14. The van der Waals surface area contributed by atoms with Crippen LogP contribution in [0.15, 0.2) is 65.2 Å². The predicted octanol–water partition coefficient (Wildman–Crippen LogP) is 6.11. The Morgan fingerprint density at radius 3 is 2.59 bits per heavy atom. The number of hydrogen-bond donors (Lipinski definition) is 1. The van der Waals surface area contributed by atoms with E-state index in [1.807, 2.05) is 36.4 Å². The maximum absolute atomic E-state index is 13.3. The van der Waals surface area contributed by atoms with Crippen molar-refractivity contribution in [3.63, 3.8) is 0 Å². The number of nitrogens with one attached hydrogen (secondary N) is 1. The SMILES string of the molecule is Fc1ccc2c(-c3ccc(OCCNCc4ccc(Cl)c(Cl)c4)cc3)noc2c1. The molecule has 0 aliphatic rings. The fourth-order valence-electron chi connectivity index (χ4n) is 2.95. The van der Waals surface area contributed by atoms with E-state index in [4.69, 9.17) is 32.5 Å². The molecule has 4 nitrogen and oxygen atoms in total. The molecule has 4 aromatic rings. The first-order chi connectivity index (χ1) is 14.1. The van der Waals surface area contributed by atoms with Crippen LogP contribution in [0.3, 0.4) is 0 Å². The summed E-state index contributed by atoms with van der Waals surface area (Å²) in [6, 6.07) is 17.5. The van der Waals surface area contributed by atoms with Crippen LogP contribution in [0.2, 0.25) is 10.0 Å². The van der Waals surface area contributed by atoms with Crippen LogP contribution in [0, 0.1) is 5.82 Å². The van der Waals surface area contributed by atoms with Crippen LogP contribution < -0.4 is 10.1 Å². The van der Waals surface area contributed by atoms with Crippen molar-refractivity contribution in [2.45, 2.75) is 6.54 Å². The Bertz CT molecular complexity index is 1130. The number of aromatic nitrogens is 1. The van der Waals surface area contributed by atoms with Crippen molar-refractivity contribution < 1.29 is 13.7 Å². The molecule has 3 aromatic carbocycles. The van der Waals surface area contributed by atoms with Gasteiger partial charge in [0, 0.05) is 30.1 Å². The third kappa shape index (κ3) is 4.70. The van der Waals surface area contributed by atoms with Gasteiger partial charge < -0.3 is 14.6 Å². The molecule has 0 fully saturated rings. The van der Waals surface area contributed by atoms with Crippen molar-refractivity contribution in [1.82, 2.24) is 10.5 Å². The van der Waals surface area contributed by atoms with Gasteiger partial charge in [0.2, 0.25) is 0 Å². The van der Waals surface area contributed by atoms with Crippen LogP contribution in [0.5, 0.6) is 5.75 Å². The van der Waals surface area contributed by atoms with E-state index in [0.29, 0.717) is 41.0 Å². The first-order valence-electron chi connectivity index (χ1n) is 9.03. The fourth-order valence-corrected chi connectivity index (χ4v) is 3.27. The van der Waals surface area contributed by atoms with Crippen molar-refractivity contribution in [2.24, 2.45) is 0 Å². The number of benzene rings is 3. The van der Waals surface area contributed by atoms with Gasteiger partial charge in [-0.15, -0.1) is 0 Å². The van der Waals surface area contributed by atoms with Gasteiger partial charge in [0.25, 0.3) is 0 Å². The molecule has 4 rings (SSSR count). The molecule has 1 N–H and O–H groups in total. The molecule has 0 aliphatic heterocycles. The van der Waals surface area contributed by atoms with Gasteiger partial charge in [-0.25, -0.2) is 4.39 Å². The van der Waals surface area contributed by atoms with Crippen LogP contribution in [-0.4, -0.2) is 18.3 Å². The third-order valence-electron chi connectivity index (χ3n) is 4.42. The summed E-state index contributed by atoms with van der Waals surface area (Å²) in [7, 11) is 0. The largest absolute Gasteiger partial charge is 0.492 e. The Morgan fingerprint density at radius 1 is 0.966 bits per heavy atom. The highest BCUT2D eigenvalue weighted by atomic mass is 35.5. The number of hydrogen-bond acceptors (Lipinski definition) is 4. The molecule has 0 spiro atoms. The second-order valence-electron chi connectivity index (χ2n) is 6.47. The second kappa shape index (κ2) is 8.82. The summed E-state index contributed by atoms with van der Waals surface area (Å²) in [6.45, 7) is 1.88. The molecule has 0 aliphatic carbocycles. The lowest BCUT2D eigenvalue weighted by atomic mass is 10.1. The number of fused-ring (bicyclic) bond motifs is 1. The Kier molecular flexibility index (Phi) is 6.00. The van der Waals surface area contributed by atoms with Crippen molar-refractivity contribution in [2.75, 3.05) is 13.2 Å². The summed E-state index contributed by atoms with van der Waals surface area (Å²) in [5.41, 5.74) is 3.03. The van der Waals surface area contributed by atoms with E-state index in [1.54, 1.807) is 12.1 Å². The van der Waals surface area contributed by atoms with Crippen LogP contribution in [-0.2, 0) is 6.54 Å². The van der Waals surface area contributed by atoms with Gasteiger partial charge in [-0.3, -0.25) is 0 Å². The number of nitrogens with zero attached hydrogens (tertiary/aromatic N) is 1. The minimum absolute atomic E-state index is 0.350. The highest BCUT2D eigenvalue weighted by Crippen LogP contribution is 2.29. The summed E-state index contributed by atoms with van der Waals surface area (Å²) < 4.78 is 24.3. The second-order valence-corrected chi connectivity index (χ2v) is 7.28. The first kappa shape index (κ1) is 19.7. The summed E-state index contributed by atoms with van der Waals surface area (Å²) in [5, 5.41) is 9.22. The summed E-state index contributed by atoms with van der Waals surface area (Å²) in [4.78, 5) is 0. The van der Waals surface area contributed by atoms with Gasteiger partial charge in [0.15, 0.2) is 5.58 Å². The third-order valence-corrected chi connectivity index (χ3v) is 5.16. The monoisotopic (exact) mass is 430 g/mol. The van der Waals surface area contributed by atoms with E-state index >= 15 is 0 Å². The van der Waals surface area contributed by atoms with Crippen LogP contribution >= 0.6 is 23.2 Å². The topological polar surface area (TPSA) is 47.3 Å². The van der Waals surface area contributed by atoms with E-state index in [0.717, 1.165) is 22.3 Å². The Balaban J connectivity index is 1.30. The zero-order chi connectivity index (χ0) is 20.2. The smallest absolute Gasteiger partial charge is 0.170 e. The van der Waals surface area contributed by atoms with Gasteiger partial charge in [-0.1, -0.05) is 34.4 Å². The molecule has 7 heteroatoms. The summed E-state index contributed by atoms with van der Waals surface area (Å²) in [5.74, 6) is 0.403. The molecule has 1 heterocycles. The lowest BCUT2D eigenvalue weighted by molar-refractivity contribution is 0.313. The molecule has 0 unspecified atom stereocenters. The number of rotatable bonds is 7. The van der Waals surface area contributed by atoms with E-state index in [1.165, 1.54) is 12.1 Å². The summed E-state index contributed by atoms with van der Waals surface area (Å²) in [6.07, 6.45) is 0. The lowest BCUT2D eigenvalue weighted by Gasteiger charge is -2.09. The molecule has 0 saturated heterocycles. The van der Waals surface area contributed by atoms with E-state index < -0.39 is 0 Å². The Labute approximate surface area is 177 Å². The molecular weight excluding hydrogens is 414 g/mol. The minimum atomic E-state index is -0.350. The maximum Gasteiger partial charge on any atom is 0.170 e. The Morgan fingerprint density at radius 2 is 1.79 bits per heavy atom. The van der Waals surface area contributed by atoms with E-state index in [2.05, 4.69) is 10.5 Å². The Hall–Kier alpha value is -2.60. The van der Waals surface area contributed by atoms with Gasteiger partial charge in [0.1, 0.15) is 23.9 Å². The highest BCUT2D eigenvalue weighted by Gasteiger charge is 2.11. The highest BCUT2D eigenvalue weighted by molar-refractivity contribution is 6.42. The molecule has 0 saturated carbocycles. The molecule has 0 radical (unpaired) electrons. The van der Waals surface area contributed by atoms with Crippen LogP contribution in [0.1, 0.15) is 5.56 Å². The normalized spacial score (nSPS) is 11.1. The molecule has 0 atom stereocenters. The van der Waals surface area contributed by atoms with Gasteiger partial charge in [0.05, 0.1) is 10.0 Å². The van der Waals surface area contributed by atoms with Gasteiger partial charge in [-0.05, 0) is 54.1 Å². The molecule has 148 valence electrons. The lowest BCUT2D eigenvalue weighted by Crippen LogP contribution is -2.20. The van der Waals surface area contributed by atoms with Gasteiger partial charge >= 0.3 is 0 Å². The minimum Gasteiger partial charge on any atom is -0.492 e. The maximum atomic E-state index is 13.3. The average molecular weight is 431 g/mol. The van der Waals surface area contributed by atoms with E-state index in [-0.39, 0.29) is 5.82 Å². The summed E-state index contributed by atoms with van der Waals surface area (Å²) >= 11 is 11.9. The standard InChI is InChI=1S/C22H17Cl2FN2O2/c23-19-8-1-14(11-20(19)24)13-26-9-10-28-17-5-2-15(3-6-17)22-18-7-4-16(25)12-21(18)29-27-22/h1-8,11-12,26H,9-10,13H2. The zero-order valence-corrected chi connectivity index (χ0v) is 16.8. The van der Waals surface area contributed by atoms with Crippen molar-refractivity contribution >= 4 is 34.2 Å². The van der Waals surface area contributed by atoms with Crippen molar-refractivity contribution in [1.29, 1.82) is 0 Å². The van der Waals surface area contributed by atoms with E-state index in [9.17, 15) is 4.39 Å².